The SMILES string of the molecule is CC1(C)CCC2CCC(CCCO)=CC21. The Morgan fingerprint density at radius 3 is 2.93 bits per heavy atom. The third-order valence-electron chi connectivity index (χ3n) is 4.48. The van der Waals surface area contributed by atoms with Gasteiger partial charge in [0.15, 0.2) is 0 Å². The zero-order chi connectivity index (χ0) is 10.9. The molecule has 2 unspecified atom stereocenters. The Balaban J connectivity index is 2.05. The molecular formula is C14H24O. The van der Waals surface area contributed by atoms with Gasteiger partial charge in [-0.3, -0.25) is 0 Å². The van der Waals surface area contributed by atoms with E-state index in [1.807, 2.05) is 0 Å². The van der Waals surface area contributed by atoms with E-state index in [0.29, 0.717) is 12.0 Å². The summed E-state index contributed by atoms with van der Waals surface area (Å²) < 4.78 is 0. The van der Waals surface area contributed by atoms with Crippen LogP contribution in [0.15, 0.2) is 11.6 Å². The minimum absolute atomic E-state index is 0.342. The minimum Gasteiger partial charge on any atom is -0.396 e. The number of fused-ring (bicyclic) bond motifs is 1. The highest BCUT2D eigenvalue weighted by atomic mass is 16.2. The molecule has 1 N–H and O–H groups in total. The first-order valence-electron chi connectivity index (χ1n) is 6.44. The van der Waals surface area contributed by atoms with Crippen molar-refractivity contribution >= 4 is 0 Å². The first kappa shape index (κ1) is 11.2. The lowest BCUT2D eigenvalue weighted by molar-refractivity contribution is 0.249. The standard InChI is InChI=1S/C14H24O/c1-14(2)8-7-12-6-5-11(4-3-9-15)10-13(12)14/h10,12-13,15H,3-9H2,1-2H3. The predicted molar refractivity (Wildman–Crippen MR) is 63.6 cm³/mol. The molecule has 2 aliphatic carbocycles. The van der Waals surface area contributed by atoms with E-state index >= 15 is 0 Å². The molecule has 0 radical (unpaired) electrons. The van der Waals surface area contributed by atoms with Crippen molar-refractivity contribution in [2.75, 3.05) is 6.61 Å². The highest BCUT2D eigenvalue weighted by Crippen LogP contribution is 2.51. The van der Waals surface area contributed by atoms with Crippen molar-refractivity contribution < 1.29 is 5.11 Å². The van der Waals surface area contributed by atoms with Crippen LogP contribution in [0.4, 0.5) is 0 Å². The van der Waals surface area contributed by atoms with Crippen LogP contribution in [0, 0.1) is 17.3 Å². The van der Waals surface area contributed by atoms with E-state index in [0.717, 1.165) is 24.7 Å². The van der Waals surface area contributed by atoms with Gasteiger partial charge in [0.1, 0.15) is 0 Å². The number of aliphatic hydroxyl groups is 1. The zero-order valence-corrected chi connectivity index (χ0v) is 10.1. The van der Waals surface area contributed by atoms with Gasteiger partial charge < -0.3 is 5.11 Å². The highest BCUT2D eigenvalue weighted by Gasteiger charge is 2.41. The number of aliphatic hydroxyl groups excluding tert-OH is 1. The highest BCUT2D eigenvalue weighted by molar-refractivity contribution is 5.14. The summed E-state index contributed by atoms with van der Waals surface area (Å²) in [5, 5.41) is 8.86. The largest absolute Gasteiger partial charge is 0.396 e. The van der Waals surface area contributed by atoms with Crippen LogP contribution in [0.5, 0.6) is 0 Å². The number of allylic oxidation sites excluding steroid dienone is 2. The second-order valence-electron chi connectivity index (χ2n) is 6.00. The van der Waals surface area contributed by atoms with Gasteiger partial charge in [0, 0.05) is 6.61 Å². The Kier molecular flexibility index (Phi) is 3.20. The van der Waals surface area contributed by atoms with Crippen molar-refractivity contribution in [1.82, 2.24) is 0 Å². The first-order chi connectivity index (χ1) is 7.13. The molecule has 0 heterocycles. The third-order valence-corrected chi connectivity index (χ3v) is 4.48. The average molecular weight is 208 g/mol. The number of hydrogen-bond donors (Lipinski definition) is 1. The van der Waals surface area contributed by atoms with Crippen molar-refractivity contribution in [1.29, 1.82) is 0 Å². The average Bonchev–Trinajstić information content (AvgIpc) is 2.52. The van der Waals surface area contributed by atoms with Crippen molar-refractivity contribution in [3.8, 4) is 0 Å². The fourth-order valence-electron chi connectivity index (χ4n) is 3.45. The molecular weight excluding hydrogens is 184 g/mol. The first-order valence-corrected chi connectivity index (χ1v) is 6.44. The van der Waals surface area contributed by atoms with E-state index in [1.165, 1.54) is 25.7 Å². The zero-order valence-electron chi connectivity index (χ0n) is 10.1. The summed E-state index contributed by atoms with van der Waals surface area (Å²) in [4.78, 5) is 0. The van der Waals surface area contributed by atoms with Crippen LogP contribution >= 0.6 is 0 Å². The Morgan fingerprint density at radius 2 is 2.20 bits per heavy atom. The van der Waals surface area contributed by atoms with Gasteiger partial charge >= 0.3 is 0 Å². The van der Waals surface area contributed by atoms with Gasteiger partial charge in [-0.05, 0) is 55.8 Å². The maximum absolute atomic E-state index is 8.86. The molecule has 86 valence electrons. The quantitative estimate of drug-likeness (QED) is 0.703. The van der Waals surface area contributed by atoms with Crippen molar-refractivity contribution in [2.45, 2.75) is 52.4 Å². The molecule has 0 spiro atoms. The smallest absolute Gasteiger partial charge is 0.0434 e. The van der Waals surface area contributed by atoms with Gasteiger partial charge in [0.05, 0.1) is 0 Å². The van der Waals surface area contributed by atoms with Crippen molar-refractivity contribution in [3.63, 3.8) is 0 Å². The molecule has 2 aliphatic rings. The van der Waals surface area contributed by atoms with Crippen molar-refractivity contribution in [2.24, 2.45) is 17.3 Å². The van der Waals surface area contributed by atoms with Crippen LogP contribution in [0.3, 0.4) is 0 Å². The molecule has 0 saturated heterocycles. The second-order valence-corrected chi connectivity index (χ2v) is 6.00. The van der Waals surface area contributed by atoms with Gasteiger partial charge in [-0.25, -0.2) is 0 Å². The molecule has 0 aromatic heterocycles. The molecule has 1 nitrogen and oxygen atoms in total. The Hall–Kier alpha value is -0.300. The Bertz CT molecular complexity index is 252. The van der Waals surface area contributed by atoms with E-state index in [1.54, 1.807) is 5.57 Å². The summed E-state index contributed by atoms with van der Waals surface area (Å²) in [6.45, 7) is 5.18. The lowest BCUT2D eigenvalue weighted by Crippen LogP contribution is -2.23. The van der Waals surface area contributed by atoms with E-state index in [-0.39, 0.29) is 0 Å². The van der Waals surface area contributed by atoms with E-state index in [9.17, 15) is 0 Å². The van der Waals surface area contributed by atoms with E-state index < -0.39 is 0 Å². The normalized spacial score (nSPS) is 33.7. The van der Waals surface area contributed by atoms with Crippen LogP contribution in [0.2, 0.25) is 0 Å². The van der Waals surface area contributed by atoms with Crippen LogP contribution in [-0.4, -0.2) is 11.7 Å². The summed E-state index contributed by atoms with van der Waals surface area (Å²) in [5.41, 5.74) is 2.13. The second kappa shape index (κ2) is 4.29. The summed E-state index contributed by atoms with van der Waals surface area (Å²) in [7, 11) is 0. The topological polar surface area (TPSA) is 20.2 Å². The van der Waals surface area contributed by atoms with E-state index in [4.69, 9.17) is 5.11 Å². The van der Waals surface area contributed by atoms with Crippen LogP contribution in [0.1, 0.15) is 52.4 Å². The Labute approximate surface area is 93.6 Å². The summed E-state index contributed by atoms with van der Waals surface area (Å²) in [6.07, 6.45) is 10.1. The van der Waals surface area contributed by atoms with Crippen LogP contribution in [0.25, 0.3) is 0 Å². The van der Waals surface area contributed by atoms with Gasteiger partial charge in [0.2, 0.25) is 0 Å². The molecule has 0 bridgehead atoms. The van der Waals surface area contributed by atoms with Gasteiger partial charge in [-0.1, -0.05) is 25.5 Å². The van der Waals surface area contributed by atoms with E-state index in [2.05, 4.69) is 19.9 Å². The summed E-state index contributed by atoms with van der Waals surface area (Å²) >= 11 is 0. The monoisotopic (exact) mass is 208 g/mol. The molecule has 1 heteroatoms. The van der Waals surface area contributed by atoms with Gasteiger partial charge in [0.25, 0.3) is 0 Å². The van der Waals surface area contributed by atoms with Gasteiger partial charge in [-0.15, -0.1) is 0 Å². The lowest BCUT2D eigenvalue weighted by atomic mass is 9.73. The fourth-order valence-corrected chi connectivity index (χ4v) is 3.45. The van der Waals surface area contributed by atoms with Gasteiger partial charge in [-0.2, -0.15) is 0 Å². The molecule has 0 aromatic carbocycles. The molecule has 2 rings (SSSR count). The summed E-state index contributed by atoms with van der Waals surface area (Å²) in [6, 6.07) is 0. The Morgan fingerprint density at radius 1 is 1.40 bits per heavy atom. The minimum atomic E-state index is 0.342. The van der Waals surface area contributed by atoms with Crippen LogP contribution < -0.4 is 0 Å². The predicted octanol–water partition coefficient (Wildman–Crippen LogP) is 3.53. The molecule has 0 aliphatic heterocycles. The maximum atomic E-state index is 8.86. The number of hydrogen-bond acceptors (Lipinski definition) is 1. The molecule has 0 aromatic rings. The maximum Gasteiger partial charge on any atom is 0.0434 e. The molecule has 15 heavy (non-hydrogen) atoms. The molecule has 2 atom stereocenters. The lowest BCUT2D eigenvalue weighted by Gasteiger charge is -2.32. The molecule has 0 amide bonds. The van der Waals surface area contributed by atoms with Crippen molar-refractivity contribution in [3.05, 3.63) is 11.6 Å². The molecule has 1 saturated carbocycles. The van der Waals surface area contributed by atoms with Crippen LogP contribution in [-0.2, 0) is 0 Å². The summed E-state index contributed by atoms with van der Waals surface area (Å²) in [5.74, 6) is 1.78. The third kappa shape index (κ3) is 2.28. The molecule has 1 fully saturated rings. The fraction of sp³-hybridized carbons (Fsp3) is 0.857. The number of rotatable bonds is 3.